The Morgan fingerprint density at radius 1 is 1.01 bits per heavy atom. The zero-order valence-corrected chi connectivity index (χ0v) is 45.8. The number of aliphatic hydroxyl groups excluding tert-OH is 1. The average Bonchev–Trinajstić information content (AvgIpc) is 3.98. The summed E-state index contributed by atoms with van der Waals surface area (Å²) in [6, 6.07) is 4.96. The lowest BCUT2D eigenvalue weighted by molar-refractivity contribution is -0.292. The quantitative estimate of drug-likeness (QED) is 0.192. The predicted octanol–water partition coefficient (Wildman–Crippen LogP) is 5.83. The number of aliphatic hydroxyl groups is 3. The Kier molecular flexibility index (Phi) is 19.5. The molecule has 6 rings (SSSR count). The fraction of sp³-hybridized carbons (Fsp3) is 0.815. The zero-order chi connectivity index (χ0) is 53.0. The molecule has 0 bridgehead atoms. The van der Waals surface area contributed by atoms with E-state index >= 15 is 0 Å². The number of hydrogen-bond acceptors (Lipinski definition) is 15. The minimum Gasteiger partial charge on any atom is -0.459 e. The first-order valence-electron chi connectivity index (χ1n) is 26.6. The second-order valence-corrected chi connectivity index (χ2v) is 22.9. The SMILES string of the molecule is CC[C@H]1OC(=O)[C@H](C)[C@@H](O[C@H]2C[C@@](C)(OC)C[C@H](C)O2)[C@H](C)[C@@H](O[C@H]2C[C@@H](N(C)CCc3cn([C@H](CF)Cc4ccc5c(c4)CCN5C(C)=O)nn3)C[C@@H](C)O2)[C@](C)(O)C[C@@H](C)CN(C)[C@H](C)[C@@H](O)[C@]1(C)O. The molecule has 0 unspecified atom stereocenters. The monoisotopic (exact) mass is 1020 g/mol. The van der Waals surface area contributed by atoms with Crippen LogP contribution in [-0.4, -0.2) is 178 Å². The summed E-state index contributed by atoms with van der Waals surface area (Å²) in [6.07, 6.45) is 0.351. The first kappa shape index (κ1) is 58.1. The number of halogens is 1. The van der Waals surface area contributed by atoms with Crippen LogP contribution in [0.1, 0.15) is 138 Å². The van der Waals surface area contributed by atoms with Gasteiger partial charge in [0.05, 0.1) is 53.3 Å². The maximum atomic E-state index is 14.6. The van der Waals surface area contributed by atoms with Crippen molar-refractivity contribution < 1.29 is 57.7 Å². The molecule has 0 aliphatic carbocycles. The lowest BCUT2D eigenvalue weighted by Crippen LogP contribution is -2.59. The first-order chi connectivity index (χ1) is 33.8. The van der Waals surface area contributed by atoms with Crippen molar-refractivity contribution in [1.29, 1.82) is 0 Å². The predicted molar refractivity (Wildman–Crippen MR) is 271 cm³/mol. The van der Waals surface area contributed by atoms with E-state index in [0.29, 0.717) is 51.7 Å². The molecule has 0 spiro atoms. The number of methoxy groups -OCH3 is 1. The number of amides is 1. The van der Waals surface area contributed by atoms with Crippen molar-refractivity contribution in [2.45, 2.75) is 218 Å². The molecule has 1 aromatic heterocycles. The maximum Gasteiger partial charge on any atom is 0.311 e. The van der Waals surface area contributed by atoms with Crippen LogP contribution in [0.25, 0.3) is 0 Å². The summed E-state index contributed by atoms with van der Waals surface area (Å²) in [5.41, 5.74) is -0.0812. The van der Waals surface area contributed by atoms with Gasteiger partial charge in [0.15, 0.2) is 12.6 Å². The lowest BCUT2D eigenvalue weighted by Gasteiger charge is -2.47. The number of likely N-dealkylation sites (N-methyl/N-ethyl adjacent to an activating group) is 2. The number of nitrogens with zero attached hydrogens (tertiary/aromatic N) is 6. The number of ether oxygens (including phenoxy) is 6. The molecule has 3 saturated heterocycles. The van der Waals surface area contributed by atoms with E-state index in [1.807, 2.05) is 78.7 Å². The number of carbonyl (C=O) groups is 2. The Morgan fingerprint density at radius 3 is 2.39 bits per heavy atom. The van der Waals surface area contributed by atoms with Crippen molar-refractivity contribution in [3.05, 3.63) is 41.2 Å². The molecule has 1 aromatic carbocycles. The standard InChI is InChI=1S/C54H89FN6O11/c1-15-45-54(11,66)49(63)37(7)59(13)30-32(2)26-53(10,65)50(35(5)48(36(6)51(64)70-45)71-47-28-52(9,67-14)27-34(4)69-47)72-46-25-42(22-33(3)68-46)58(12)20-19-41-31-61(57-56-41)43(29-55)24-39-16-17-44-40(23-39)18-21-60(44)38(8)62/h16-17,23,31-37,42-43,45-50,63,65-66H,15,18-22,24-30H2,1-14H3/t32-,33-,34+,35+,36-,37-,42+,43+,45-,46+,47+,48+,49-,50-,52+,53-,54-/m1/s1. The highest BCUT2D eigenvalue weighted by molar-refractivity contribution is 5.93. The Balaban J connectivity index is 1.22. The largest absolute Gasteiger partial charge is 0.459 e. The summed E-state index contributed by atoms with van der Waals surface area (Å²) >= 11 is 0. The van der Waals surface area contributed by atoms with Crippen LogP contribution in [0, 0.1) is 17.8 Å². The van der Waals surface area contributed by atoms with Gasteiger partial charge in [0.1, 0.15) is 24.5 Å². The first-order valence-corrected chi connectivity index (χ1v) is 26.6. The summed E-state index contributed by atoms with van der Waals surface area (Å²) in [5.74, 6) is -2.31. The molecule has 0 saturated carbocycles. The van der Waals surface area contributed by atoms with Crippen molar-refractivity contribution in [3.63, 3.8) is 0 Å². The molecular weight excluding hydrogens is 928 g/mol. The van der Waals surface area contributed by atoms with Crippen LogP contribution >= 0.6 is 0 Å². The number of esters is 1. The zero-order valence-electron chi connectivity index (χ0n) is 45.8. The van der Waals surface area contributed by atoms with Crippen LogP contribution in [0.4, 0.5) is 10.1 Å². The summed E-state index contributed by atoms with van der Waals surface area (Å²) in [4.78, 5) is 32.6. The van der Waals surface area contributed by atoms with Crippen LogP contribution in [0.2, 0.25) is 0 Å². The summed E-state index contributed by atoms with van der Waals surface area (Å²) in [7, 11) is 5.61. The molecule has 4 aliphatic rings. The number of fused-ring (bicyclic) bond motifs is 1. The summed E-state index contributed by atoms with van der Waals surface area (Å²) in [6.45, 7) is 21.3. The highest BCUT2D eigenvalue weighted by atomic mass is 19.1. The molecule has 18 heteroatoms. The Hall–Kier alpha value is -3.17. The van der Waals surface area contributed by atoms with Crippen molar-refractivity contribution in [2.75, 3.05) is 52.4 Å². The van der Waals surface area contributed by atoms with Gasteiger partial charge in [-0.3, -0.25) is 9.59 Å². The number of benzene rings is 1. The van der Waals surface area contributed by atoms with Crippen LogP contribution in [0.5, 0.6) is 0 Å². The van der Waals surface area contributed by atoms with Gasteiger partial charge < -0.3 is 58.4 Å². The third kappa shape index (κ3) is 13.8. The number of aromatic nitrogens is 3. The molecular formula is C54H89FN6O11. The molecule has 0 radical (unpaired) electrons. The fourth-order valence-corrected chi connectivity index (χ4v) is 12.2. The molecule has 17 atom stereocenters. The molecule has 17 nitrogen and oxygen atoms in total. The molecule has 3 N–H and O–H groups in total. The van der Waals surface area contributed by atoms with Gasteiger partial charge in [0.25, 0.3) is 0 Å². The number of cyclic esters (lactones) is 1. The van der Waals surface area contributed by atoms with Crippen molar-refractivity contribution in [3.8, 4) is 0 Å². The molecule has 72 heavy (non-hydrogen) atoms. The average molecular weight is 1020 g/mol. The number of anilines is 1. The van der Waals surface area contributed by atoms with Crippen molar-refractivity contribution in [1.82, 2.24) is 24.8 Å². The van der Waals surface area contributed by atoms with E-state index in [0.717, 1.165) is 35.3 Å². The molecule has 3 fully saturated rings. The number of carbonyl (C=O) groups excluding carboxylic acids is 2. The van der Waals surface area contributed by atoms with E-state index in [-0.39, 0.29) is 42.9 Å². The normalized spacial score (nSPS) is 38.2. The maximum absolute atomic E-state index is 14.6. The van der Waals surface area contributed by atoms with Gasteiger partial charge in [0.2, 0.25) is 5.91 Å². The molecule has 408 valence electrons. The lowest BCUT2D eigenvalue weighted by atomic mass is 9.77. The van der Waals surface area contributed by atoms with E-state index in [4.69, 9.17) is 28.4 Å². The van der Waals surface area contributed by atoms with Crippen LogP contribution in [0.15, 0.2) is 24.4 Å². The third-order valence-electron chi connectivity index (χ3n) is 16.5. The number of hydrogen-bond donors (Lipinski definition) is 3. The molecule has 5 heterocycles. The molecule has 2 aromatic rings. The minimum atomic E-state index is -1.79. The van der Waals surface area contributed by atoms with Gasteiger partial charge in [0, 0.05) is 89.2 Å². The highest BCUT2D eigenvalue weighted by Crippen LogP contribution is 2.40. The third-order valence-corrected chi connectivity index (χ3v) is 16.5. The Morgan fingerprint density at radius 2 is 1.72 bits per heavy atom. The van der Waals surface area contributed by atoms with Crippen LogP contribution in [0.3, 0.4) is 0 Å². The van der Waals surface area contributed by atoms with Gasteiger partial charge in [-0.15, -0.1) is 5.10 Å². The van der Waals surface area contributed by atoms with E-state index in [1.165, 1.54) is 6.92 Å². The second kappa shape index (κ2) is 24.2. The van der Waals surface area contributed by atoms with Crippen molar-refractivity contribution in [2.24, 2.45) is 17.8 Å². The number of rotatable bonds is 14. The fourth-order valence-electron chi connectivity index (χ4n) is 12.2. The van der Waals surface area contributed by atoms with Gasteiger partial charge >= 0.3 is 5.97 Å². The van der Waals surface area contributed by atoms with Crippen molar-refractivity contribution >= 4 is 17.6 Å². The number of alkyl halides is 1. The minimum absolute atomic E-state index is 0.0152. The van der Waals surface area contributed by atoms with E-state index < -0.39 is 90.4 Å². The van der Waals surface area contributed by atoms with Gasteiger partial charge in [-0.2, -0.15) is 0 Å². The smallest absolute Gasteiger partial charge is 0.311 e. The van der Waals surface area contributed by atoms with Gasteiger partial charge in [-0.05, 0) is 118 Å². The van der Waals surface area contributed by atoms with Gasteiger partial charge in [-0.25, -0.2) is 9.07 Å². The molecule has 1 amide bonds. The topological polar surface area (TPSA) is 191 Å². The Labute approximate surface area is 428 Å². The second-order valence-electron chi connectivity index (χ2n) is 22.9. The molecule has 4 aliphatic heterocycles. The van der Waals surface area contributed by atoms with Crippen LogP contribution < -0.4 is 4.90 Å². The Bertz CT molecular complexity index is 2090. The van der Waals surface area contributed by atoms with E-state index in [9.17, 15) is 29.3 Å². The van der Waals surface area contributed by atoms with Gasteiger partial charge in [-0.1, -0.05) is 38.1 Å². The van der Waals surface area contributed by atoms with E-state index in [2.05, 4.69) is 28.3 Å². The van der Waals surface area contributed by atoms with E-state index in [1.54, 1.807) is 37.5 Å². The van der Waals surface area contributed by atoms with Crippen LogP contribution in [-0.2, 0) is 57.3 Å². The summed E-state index contributed by atoms with van der Waals surface area (Å²) < 4.78 is 55.3. The highest BCUT2D eigenvalue weighted by Gasteiger charge is 2.51. The summed E-state index contributed by atoms with van der Waals surface area (Å²) in [5, 5.41) is 45.2.